The second kappa shape index (κ2) is 6.15. The van der Waals surface area contributed by atoms with Crippen LogP contribution in [0.15, 0.2) is 10.6 Å². The van der Waals surface area contributed by atoms with Gasteiger partial charge in [-0.1, -0.05) is 5.16 Å². The predicted octanol–water partition coefficient (Wildman–Crippen LogP) is 2.86. The number of ether oxygens (including phenoxy) is 1. The Balaban J connectivity index is 1.31. The van der Waals surface area contributed by atoms with Gasteiger partial charge in [0.1, 0.15) is 0 Å². The van der Waals surface area contributed by atoms with Gasteiger partial charge in [-0.05, 0) is 75.5 Å². The van der Waals surface area contributed by atoms with E-state index in [2.05, 4.69) is 17.4 Å². The highest BCUT2D eigenvalue weighted by molar-refractivity contribution is 5.88. The molecule has 0 radical (unpaired) electrons. The molecule has 0 saturated heterocycles. The summed E-state index contributed by atoms with van der Waals surface area (Å²) in [6.07, 6.45) is 7.85. The molecule has 6 nitrogen and oxygen atoms in total. The minimum Gasteiger partial charge on any atom is -0.450 e. The molecular formula is C19H26N2O4. The number of carbonyl (C=O) groups excluding carboxylic acids is 2. The number of aryl methyl sites for hydroxylation is 1. The van der Waals surface area contributed by atoms with E-state index in [1.165, 1.54) is 44.6 Å². The van der Waals surface area contributed by atoms with Crippen molar-refractivity contribution in [1.82, 2.24) is 10.5 Å². The largest absolute Gasteiger partial charge is 0.450 e. The van der Waals surface area contributed by atoms with E-state index in [9.17, 15) is 9.59 Å². The zero-order valence-corrected chi connectivity index (χ0v) is 14.9. The van der Waals surface area contributed by atoms with Crippen molar-refractivity contribution in [2.24, 2.45) is 23.2 Å². The number of amides is 1. The van der Waals surface area contributed by atoms with Crippen LogP contribution >= 0.6 is 0 Å². The van der Waals surface area contributed by atoms with Crippen molar-refractivity contribution in [3.8, 4) is 0 Å². The van der Waals surface area contributed by atoms with Gasteiger partial charge < -0.3 is 14.6 Å². The van der Waals surface area contributed by atoms with E-state index in [-0.39, 0.29) is 29.7 Å². The standard InChI is InChI=1S/C19H26N2O4/c1-11-3-16(25-21-11)18(23)24-10-17(22)20-12(2)19-7-13-4-14(8-19)6-15(5-13)9-19/h3,12-15H,4-10H2,1-2H3,(H,20,22)/t12-,13?,14?,15?,19?/m1/s1. The van der Waals surface area contributed by atoms with Crippen LogP contribution in [0.3, 0.4) is 0 Å². The summed E-state index contributed by atoms with van der Waals surface area (Å²) >= 11 is 0. The second-order valence-electron chi connectivity index (χ2n) is 8.48. The zero-order chi connectivity index (χ0) is 17.6. The van der Waals surface area contributed by atoms with Crippen molar-refractivity contribution in [2.75, 3.05) is 6.61 Å². The van der Waals surface area contributed by atoms with Crippen LogP contribution in [0.2, 0.25) is 0 Å². The van der Waals surface area contributed by atoms with Crippen LogP contribution in [-0.2, 0) is 9.53 Å². The fraction of sp³-hybridized carbons (Fsp3) is 0.737. The molecule has 4 fully saturated rings. The van der Waals surface area contributed by atoms with Gasteiger partial charge in [0.2, 0.25) is 5.76 Å². The summed E-state index contributed by atoms with van der Waals surface area (Å²) in [5.74, 6) is 1.67. The third-order valence-corrected chi connectivity index (χ3v) is 6.55. The fourth-order valence-corrected chi connectivity index (χ4v) is 5.81. The number of nitrogens with one attached hydrogen (secondary N) is 1. The average Bonchev–Trinajstić information content (AvgIpc) is 2.98. The highest BCUT2D eigenvalue weighted by atomic mass is 16.6. The Labute approximate surface area is 147 Å². The monoisotopic (exact) mass is 346 g/mol. The van der Waals surface area contributed by atoms with Crippen LogP contribution in [0.4, 0.5) is 0 Å². The Morgan fingerprint density at radius 3 is 2.40 bits per heavy atom. The smallest absolute Gasteiger partial charge is 0.377 e. The van der Waals surface area contributed by atoms with Crippen molar-refractivity contribution in [3.63, 3.8) is 0 Å². The van der Waals surface area contributed by atoms with Gasteiger partial charge in [0.25, 0.3) is 5.91 Å². The van der Waals surface area contributed by atoms with Crippen LogP contribution < -0.4 is 5.32 Å². The van der Waals surface area contributed by atoms with Gasteiger partial charge in [0, 0.05) is 12.1 Å². The molecule has 25 heavy (non-hydrogen) atoms. The van der Waals surface area contributed by atoms with E-state index in [0.29, 0.717) is 5.69 Å². The van der Waals surface area contributed by atoms with E-state index >= 15 is 0 Å². The molecule has 0 aliphatic heterocycles. The maximum Gasteiger partial charge on any atom is 0.377 e. The van der Waals surface area contributed by atoms with Crippen LogP contribution in [0.5, 0.6) is 0 Å². The second-order valence-corrected chi connectivity index (χ2v) is 8.48. The van der Waals surface area contributed by atoms with E-state index in [1.807, 2.05) is 0 Å². The van der Waals surface area contributed by atoms with Gasteiger partial charge in [-0.3, -0.25) is 4.79 Å². The van der Waals surface area contributed by atoms with E-state index in [4.69, 9.17) is 9.26 Å². The molecule has 1 aromatic rings. The molecule has 1 heterocycles. The van der Waals surface area contributed by atoms with Crippen molar-refractivity contribution in [3.05, 3.63) is 17.5 Å². The third kappa shape index (κ3) is 3.18. The first-order chi connectivity index (χ1) is 11.9. The first-order valence-electron chi connectivity index (χ1n) is 9.33. The maximum absolute atomic E-state index is 12.3. The summed E-state index contributed by atoms with van der Waals surface area (Å²) in [6.45, 7) is 3.56. The van der Waals surface area contributed by atoms with Crippen molar-refractivity contribution < 1.29 is 18.8 Å². The Morgan fingerprint density at radius 2 is 1.88 bits per heavy atom. The summed E-state index contributed by atoms with van der Waals surface area (Å²) < 4.78 is 9.89. The number of aromatic nitrogens is 1. The van der Waals surface area contributed by atoms with Crippen LogP contribution in [0.1, 0.15) is 61.7 Å². The average molecular weight is 346 g/mol. The van der Waals surface area contributed by atoms with Gasteiger partial charge in [-0.25, -0.2) is 4.79 Å². The molecule has 1 atom stereocenters. The van der Waals surface area contributed by atoms with Crippen molar-refractivity contribution in [2.45, 2.75) is 58.4 Å². The number of carbonyl (C=O) groups is 2. The lowest BCUT2D eigenvalue weighted by molar-refractivity contribution is -0.128. The normalized spacial score (nSPS) is 33.9. The number of nitrogens with zero attached hydrogens (tertiary/aromatic N) is 1. The molecule has 0 aromatic carbocycles. The topological polar surface area (TPSA) is 81.4 Å². The summed E-state index contributed by atoms with van der Waals surface area (Å²) in [5, 5.41) is 6.73. The molecule has 136 valence electrons. The Hall–Kier alpha value is -1.85. The van der Waals surface area contributed by atoms with Crippen LogP contribution in [-0.4, -0.2) is 29.7 Å². The lowest BCUT2D eigenvalue weighted by Crippen LogP contribution is -2.56. The van der Waals surface area contributed by atoms with E-state index < -0.39 is 5.97 Å². The first kappa shape index (κ1) is 16.6. The van der Waals surface area contributed by atoms with Crippen LogP contribution in [0, 0.1) is 30.1 Å². The van der Waals surface area contributed by atoms with Crippen LogP contribution in [0.25, 0.3) is 0 Å². The Morgan fingerprint density at radius 1 is 1.28 bits per heavy atom. The maximum atomic E-state index is 12.3. The molecule has 6 heteroatoms. The number of esters is 1. The minimum atomic E-state index is -0.654. The lowest BCUT2D eigenvalue weighted by Gasteiger charge is -2.59. The minimum absolute atomic E-state index is 0.0273. The Kier molecular flexibility index (Phi) is 4.08. The lowest BCUT2D eigenvalue weighted by atomic mass is 9.48. The molecular weight excluding hydrogens is 320 g/mol. The molecule has 0 spiro atoms. The quantitative estimate of drug-likeness (QED) is 0.829. The molecule has 4 aliphatic rings. The van der Waals surface area contributed by atoms with Crippen molar-refractivity contribution >= 4 is 11.9 Å². The van der Waals surface area contributed by atoms with Gasteiger partial charge in [-0.15, -0.1) is 0 Å². The van der Waals surface area contributed by atoms with Gasteiger partial charge in [0.05, 0.1) is 5.69 Å². The summed E-state index contributed by atoms with van der Waals surface area (Å²) in [6, 6.07) is 1.62. The molecule has 0 unspecified atom stereocenters. The fourth-order valence-electron chi connectivity index (χ4n) is 5.81. The molecule has 1 N–H and O–H groups in total. The molecule has 1 aromatic heterocycles. The summed E-state index contributed by atoms with van der Waals surface area (Å²) in [5.41, 5.74) is 0.850. The summed E-state index contributed by atoms with van der Waals surface area (Å²) in [7, 11) is 0. The number of hydrogen-bond donors (Lipinski definition) is 1. The predicted molar refractivity (Wildman–Crippen MR) is 89.7 cm³/mol. The number of rotatable bonds is 5. The molecule has 4 saturated carbocycles. The highest BCUT2D eigenvalue weighted by Crippen LogP contribution is 2.61. The first-order valence-corrected chi connectivity index (χ1v) is 9.33. The third-order valence-electron chi connectivity index (χ3n) is 6.55. The van der Waals surface area contributed by atoms with Gasteiger partial charge in [0.15, 0.2) is 6.61 Å². The molecule has 4 aliphatic carbocycles. The Bertz CT molecular complexity index is 645. The van der Waals surface area contributed by atoms with Gasteiger partial charge >= 0.3 is 5.97 Å². The van der Waals surface area contributed by atoms with E-state index in [1.54, 1.807) is 6.92 Å². The zero-order valence-electron chi connectivity index (χ0n) is 14.9. The van der Waals surface area contributed by atoms with Crippen molar-refractivity contribution in [1.29, 1.82) is 0 Å². The van der Waals surface area contributed by atoms with Gasteiger partial charge in [-0.2, -0.15) is 0 Å². The SMILES string of the molecule is Cc1cc(C(=O)OCC(=O)N[C@H](C)C23CC4CC(CC(C4)C2)C3)on1. The molecule has 4 bridgehead atoms. The molecule has 1 amide bonds. The molecule has 5 rings (SSSR count). The van der Waals surface area contributed by atoms with E-state index in [0.717, 1.165) is 17.8 Å². The summed E-state index contributed by atoms with van der Waals surface area (Å²) in [4.78, 5) is 24.1. The number of hydrogen-bond acceptors (Lipinski definition) is 5. The highest BCUT2D eigenvalue weighted by Gasteiger charge is 2.53.